The van der Waals surface area contributed by atoms with E-state index in [1.54, 1.807) is 13.1 Å². The Hall–Kier alpha value is -2.37. The Morgan fingerprint density at radius 1 is 1.30 bits per heavy atom. The number of benzene rings is 1. The van der Waals surface area contributed by atoms with E-state index in [0.717, 1.165) is 20.9 Å². The van der Waals surface area contributed by atoms with Gasteiger partial charge < -0.3 is 10.2 Å². The summed E-state index contributed by atoms with van der Waals surface area (Å²) in [6, 6.07) is 0.691. The Bertz CT molecular complexity index is 807. The summed E-state index contributed by atoms with van der Waals surface area (Å²) in [6.07, 6.45) is 0.244. The highest BCUT2D eigenvalue weighted by Crippen LogP contribution is 2.36. The highest BCUT2D eigenvalue weighted by atomic mass is 16.2. The molecule has 3 rings (SSSR count). The molecule has 0 radical (unpaired) electrons. The maximum atomic E-state index is 13.0. The molecule has 2 aliphatic heterocycles. The summed E-state index contributed by atoms with van der Waals surface area (Å²) in [7, 11) is 3.05. The number of fused-ring (bicyclic) bond motifs is 1. The van der Waals surface area contributed by atoms with Crippen molar-refractivity contribution in [2.75, 3.05) is 19.4 Å². The van der Waals surface area contributed by atoms with Crippen molar-refractivity contribution in [2.24, 2.45) is 0 Å². The summed E-state index contributed by atoms with van der Waals surface area (Å²) in [5, 5.41) is 2.99. The van der Waals surface area contributed by atoms with Crippen LogP contribution in [0, 0.1) is 13.8 Å². The fourth-order valence-corrected chi connectivity index (χ4v) is 3.17. The predicted octanol–water partition coefficient (Wildman–Crippen LogP) is 1.45. The third-order valence-electron chi connectivity index (χ3n) is 4.71. The molecule has 1 N–H and O–H groups in total. The monoisotopic (exact) mass is 317 g/mol. The lowest BCUT2D eigenvalue weighted by molar-refractivity contribution is -0.150. The van der Waals surface area contributed by atoms with Gasteiger partial charge in [-0.2, -0.15) is 0 Å². The van der Waals surface area contributed by atoms with E-state index >= 15 is 0 Å². The number of nitrogens with one attached hydrogen (secondary N) is 1. The number of likely N-dealkylation sites (tertiary alicyclic amines) is 1. The lowest BCUT2D eigenvalue weighted by Gasteiger charge is -2.33. The number of hydrogen-bond acceptors (Lipinski definition) is 4. The van der Waals surface area contributed by atoms with Crippen LogP contribution in [0.2, 0.25) is 0 Å². The van der Waals surface area contributed by atoms with Crippen LogP contribution in [-0.4, -0.2) is 47.7 Å². The van der Waals surface area contributed by atoms with E-state index in [-0.39, 0.29) is 29.9 Å². The first-order valence-electron chi connectivity index (χ1n) is 8.59. The van der Waals surface area contributed by atoms with E-state index in [1.807, 2.05) is 13.8 Å². The molecule has 23 heavy (non-hydrogen) atoms. The first-order valence-corrected chi connectivity index (χ1v) is 7.59. The van der Waals surface area contributed by atoms with Crippen LogP contribution in [0.3, 0.4) is 0 Å². The summed E-state index contributed by atoms with van der Waals surface area (Å²) >= 11 is 0. The molecule has 0 saturated carbocycles. The van der Waals surface area contributed by atoms with Crippen LogP contribution in [0.25, 0.3) is 0 Å². The van der Waals surface area contributed by atoms with Crippen LogP contribution in [0.1, 0.15) is 42.6 Å². The summed E-state index contributed by atoms with van der Waals surface area (Å²) in [4.78, 5) is 39.2. The average Bonchev–Trinajstić information content (AvgIpc) is 2.74. The third-order valence-corrected chi connectivity index (χ3v) is 4.71. The molecule has 1 unspecified atom stereocenters. The largest absolute Gasteiger partial charge is 0.388 e. The van der Waals surface area contributed by atoms with Gasteiger partial charge in [0.1, 0.15) is 6.04 Å². The molecule has 0 bridgehead atoms. The van der Waals surface area contributed by atoms with Gasteiger partial charge in [0.15, 0.2) is 0 Å². The fraction of sp³-hybridized carbons (Fsp3) is 0.471. The molecule has 0 aromatic heterocycles. The smallest absolute Gasteiger partial charge is 0.255 e. The third kappa shape index (κ3) is 2.20. The molecule has 1 atom stereocenters. The van der Waals surface area contributed by atoms with Crippen LogP contribution >= 0.6 is 0 Å². The van der Waals surface area contributed by atoms with Crippen molar-refractivity contribution in [3.8, 4) is 0 Å². The van der Waals surface area contributed by atoms with Crippen molar-refractivity contribution in [2.45, 2.75) is 39.2 Å². The first kappa shape index (κ1) is 13.1. The van der Waals surface area contributed by atoms with Gasteiger partial charge in [-0.05, 0) is 37.5 Å². The summed E-state index contributed by atoms with van der Waals surface area (Å²) in [6.45, 7) is 1.59. The molecule has 1 aromatic rings. The van der Waals surface area contributed by atoms with Gasteiger partial charge in [0.25, 0.3) is 11.8 Å². The first-order chi connectivity index (χ1) is 11.6. The quantitative estimate of drug-likeness (QED) is 0.838. The molecule has 6 heteroatoms. The summed E-state index contributed by atoms with van der Waals surface area (Å²) in [5.41, 5.74) is 2.84. The molecule has 2 aliphatic rings. The lowest BCUT2D eigenvalue weighted by atomic mass is 9.98. The average molecular weight is 317 g/mol. The SMILES string of the molecule is [2H]C1([2H])c2c(cc(C)c(C)c2NC)C(=O)N1C1CCC(=O)N(C)C1=O. The van der Waals surface area contributed by atoms with Gasteiger partial charge >= 0.3 is 0 Å². The number of amides is 3. The number of imide groups is 1. The minimum Gasteiger partial charge on any atom is -0.388 e. The number of anilines is 1. The zero-order valence-corrected chi connectivity index (χ0v) is 13.7. The van der Waals surface area contributed by atoms with E-state index < -0.39 is 24.4 Å². The van der Waals surface area contributed by atoms with Crippen molar-refractivity contribution < 1.29 is 17.1 Å². The zero-order chi connectivity index (χ0) is 18.7. The fourth-order valence-electron chi connectivity index (χ4n) is 3.17. The minimum atomic E-state index is -2.13. The normalized spacial score (nSPS) is 24.5. The molecule has 3 amide bonds. The van der Waals surface area contributed by atoms with Gasteiger partial charge in [-0.25, -0.2) is 0 Å². The van der Waals surface area contributed by atoms with Gasteiger partial charge in [0.05, 0.1) is 2.74 Å². The van der Waals surface area contributed by atoms with Crippen molar-refractivity contribution in [1.82, 2.24) is 9.80 Å². The number of carbonyl (C=O) groups is 3. The van der Waals surface area contributed by atoms with E-state index in [2.05, 4.69) is 5.32 Å². The van der Waals surface area contributed by atoms with Gasteiger partial charge in [0, 0.05) is 43.8 Å². The zero-order valence-electron chi connectivity index (χ0n) is 15.7. The van der Waals surface area contributed by atoms with Crippen LogP contribution in [0.4, 0.5) is 5.69 Å². The number of likely N-dealkylation sites (N-methyl/N-ethyl adjacent to an activating group) is 1. The number of aryl methyl sites for hydroxylation is 1. The predicted molar refractivity (Wildman–Crippen MR) is 86.1 cm³/mol. The molecule has 0 spiro atoms. The van der Waals surface area contributed by atoms with Gasteiger partial charge in [0.2, 0.25) is 5.91 Å². The van der Waals surface area contributed by atoms with Crippen molar-refractivity contribution in [3.63, 3.8) is 0 Å². The Balaban J connectivity index is 2.15. The molecule has 0 aliphatic carbocycles. The van der Waals surface area contributed by atoms with E-state index in [9.17, 15) is 14.4 Å². The van der Waals surface area contributed by atoms with Crippen LogP contribution in [0.5, 0.6) is 0 Å². The Morgan fingerprint density at radius 3 is 2.65 bits per heavy atom. The number of rotatable bonds is 2. The molecular weight excluding hydrogens is 294 g/mol. The maximum absolute atomic E-state index is 13.0. The molecule has 2 heterocycles. The molecule has 6 nitrogen and oxygen atoms in total. The van der Waals surface area contributed by atoms with E-state index in [4.69, 9.17) is 2.74 Å². The Morgan fingerprint density at radius 2 is 2.00 bits per heavy atom. The molecule has 122 valence electrons. The molecule has 1 fully saturated rings. The van der Waals surface area contributed by atoms with Crippen molar-refractivity contribution >= 4 is 23.4 Å². The van der Waals surface area contributed by atoms with Crippen LogP contribution in [-0.2, 0) is 16.1 Å². The van der Waals surface area contributed by atoms with E-state index in [1.165, 1.54) is 7.05 Å². The maximum Gasteiger partial charge on any atom is 0.255 e. The lowest BCUT2D eigenvalue weighted by Crippen LogP contribution is -2.53. The van der Waals surface area contributed by atoms with Crippen molar-refractivity contribution in [1.29, 1.82) is 0 Å². The number of hydrogen-bond donors (Lipinski definition) is 1. The second-order valence-electron chi connectivity index (χ2n) is 6.00. The van der Waals surface area contributed by atoms with Gasteiger partial charge in [-0.3, -0.25) is 19.3 Å². The second-order valence-corrected chi connectivity index (χ2v) is 6.00. The van der Waals surface area contributed by atoms with E-state index in [0.29, 0.717) is 5.69 Å². The van der Waals surface area contributed by atoms with Crippen molar-refractivity contribution in [3.05, 3.63) is 28.3 Å². The molecule has 1 saturated heterocycles. The summed E-state index contributed by atoms with van der Waals surface area (Å²) in [5.74, 6) is -1.37. The molecular formula is C17H21N3O3. The number of nitrogens with zero attached hydrogens (tertiary/aromatic N) is 2. The highest BCUT2D eigenvalue weighted by molar-refractivity contribution is 6.06. The standard InChI is InChI=1S/C17H21N3O3/c1-9-7-11-12(15(18-3)10(9)2)8-20(16(11)22)13-5-6-14(21)19(4)17(13)23/h7,13,18H,5-6,8H2,1-4H3/i8D2. The van der Waals surface area contributed by atoms with Crippen LogP contribution in [0.15, 0.2) is 6.07 Å². The number of piperidine rings is 1. The van der Waals surface area contributed by atoms with Gasteiger partial charge in [-0.1, -0.05) is 0 Å². The topological polar surface area (TPSA) is 69.7 Å². The Kier molecular flexibility index (Phi) is 3.06. The second kappa shape index (κ2) is 5.37. The number of carbonyl (C=O) groups excluding carboxylic acids is 3. The summed E-state index contributed by atoms with van der Waals surface area (Å²) < 4.78 is 17.2. The highest BCUT2D eigenvalue weighted by Gasteiger charge is 2.42. The minimum absolute atomic E-state index is 0.111. The van der Waals surface area contributed by atoms with Gasteiger partial charge in [-0.15, -0.1) is 0 Å². The Labute approximate surface area is 138 Å². The van der Waals surface area contributed by atoms with Crippen LogP contribution < -0.4 is 5.32 Å². The molecule has 1 aromatic carbocycles.